The molecule has 0 radical (unpaired) electrons. The number of methoxy groups -OCH3 is 2. The Labute approximate surface area is 150 Å². The molecule has 1 aliphatic heterocycles. The number of hydrogen-bond donors (Lipinski definition) is 0. The molecule has 0 aromatic heterocycles. The lowest BCUT2D eigenvalue weighted by Crippen LogP contribution is -2.41. The van der Waals surface area contributed by atoms with Gasteiger partial charge in [-0.05, 0) is 45.4 Å². The van der Waals surface area contributed by atoms with Crippen molar-refractivity contribution in [1.29, 1.82) is 0 Å². The van der Waals surface area contributed by atoms with E-state index in [0.29, 0.717) is 0 Å². The van der Waals surface area contributed by atoms with Gasteiger partial charge in [-0.25, -0.2) is 0 Å². The van der Waals surface area contributed by atoms with E-state index in [0.717, 1.165) is 28.1 Å². The number of rotatable bonds is 4. The Balaban J connectivity index is 2.06. The van der Waals surface area contributed by atoms with E-state index in [1.165, 1.54) is 0 Å². The highest BCUT2D eigenvalue weighted by Gasteiger charge is 2.52. The van der Waals surface area contributed by atoms with E-state index in [1.807, 2.05) is 64.1 Å². The van der Waals surface area contributed by atoms with Crippen LogP contribution in [0.1, 0.15) is 27.7 Å². The first kappa shape index (κ1) is 17.8. The molecule has 1 aliphatic rings. The van der Waals surface area contributed by atoms with Gasteiger partial charge in [0, 0.05) is 11.0 Å². The normalized spacial score (nSPS) is 18.2. The molecule has 0 spiro atoms. The van der Waals surface area contributed by atoms with Crippen LogP contribution in [0, 0.1) is 0 Å². The first-order chi connectivity index (χ1) is 11.8. The molecule has 0 atom stereocenters. The zero-order valence-electron chi connectivity index (χ0n) is 15.8. The van der Waals surface area contributed by atoms with Crippen LogP contribution in [0.2, 0.25) is 0 Å². The van der Waals surface area contributed by atoms with Crippen LogP contribution < -0.4 is 14.9 Å². The van der Waals surface area contributed by atoms with Gasteiger partial charge < -0.3 is 18.8 Å². The zero-order chi connectivity index (χ0) is 18.2. The van der Waals surface area contributed by atoms with Gasteiger partial charge >= 0.3 is 7.12 Å². The van der Waals surface area contributed by atoms with Crippen molar-refractivity contribution in [3.05, 3.63) is 42.5 Å². The SMILES string of the molecule is COc1ccc(-c2ccccc2OC)cc1B1OC(C)(C)C(C)(C)O1. The third-order valence-corrected chi connectivity index (χ3v) is 5.15. The fraction of sp³-hybridized carbons (Fsp3) is 0.400. The van der Waals surface area contributed by atoms with Crippen LogP contribution in [-0.4, -0.2) is 32.5 Å². The van der Waals surface area contributed by atoms with Crippen molar-refractivity contribution in [3.63, 3.8) is 0 Å². The van der Waals surface area contributed by atoms with Gasteiger partial charge in [0.05, 0.1) is 25.4 Å². The second-order valence-electron chi connectivity index (χ2n) is 7.25. The summed E-state index contributed by atoms with van der Waals surface area (Å²) in [7, 11) is 2.86. The van der Waals surface area contributed by atoms with Crippen LogP contribution in [0.5, 0.6) is 11.5 Å². The molecule has 0 saturated carbocycles. The van der Waals surface area contributed by atoms with Gasteiger partial charge in [0.25, 0.3) is 0 Å². The summed E-state index contributed by atoms with van der Waals surface area (Å²) in [5.41, 5.74) is 2.13. The van der Waals surface area contributed by atoms with Crippen molar-refractivity contribution in [1.82, 2.24) is 0 Å². The van der Waals surface area contributed by atoms with E-state index < -0.39 is 18.3 Å². The minimum atomic E-state index is -0.477. The molecule has 1 fully saturated rings. The molecule has 0 N–H and O–H groups in total. The number of benzene rings is 2. The fourth-order valence-electron chi connectivity index (χ4n) is 2.94. The second kappa shape index (κ2) is 6.39. The minimum absolute atomic E-state index is 0.400. The molecule has 0 bridgehead atoms. The number of para-hydroxylation sites is 1. The summed E-state index contributed by atoms with van der Waals surface area (Å²) in [6, 6.07) is 14.0. The highest BCUT2D eigenvalue weighted by atomic mass is 16.7. The predicted molar refractivity (Wildman–Crippen MR) is 101 cm³/mol. The van der Waals surface area contributed by atoms with E-state index in [1.54, 1.807) is 14.2 Å². The highest BCUT2D eigenvalue weighted by molar-refractivity contribution is 6.63. The van der Waals surface area contributed by atoms with Gasteiger partial charge in [-0.3, -0.25) is 0 Å². The molecule has 2 aromatic carbocycles. The summed E-state index contributed by atoms with van der Waals surface area (Å²) in [6.07, 6.45) is 0. The quantitative estimate of drug-likeness (QED) is 0.796. The summed E-state index contributed by atoms with van der Waals surface area (Å²) in [5, 5.41) is 0. The fourth-order valence-corrected chi connectivity index (χ4v) is 2.94. The summed E-state index contributed by atoms with van der Waals surface area (Å²) < 4.78 is 23.5. The smallest absolute Gasteiger partial charge is 0.497 e. The van der Waals surface area contributed by atoms with Crippen LogP contribution >= 0.6 is 0 Å². The molecule has 3 rings (SSSR count). The second-order valence-corrected chi connectivity index (χ2v) is 7.25. The molecular weight excluding hydrogens is 315 g/mol. The number of ether oxygens (including phenoxy) is 2. The maximum atomic E-state index is 6.21. The van der Waals surface area contributed by atoms with Gasteiger partial charge in [-0.15, -0.1) is 0 Å². The Morgan fingerprint density at radius 3 is 2.00 bits per heavy atom. The Morgan fingerprint density at radius 1 is 0.800 bits per heavy atom. The monoisotopic (exact) mass is 340 g/mol. The van der Waals surface area contributed by atoms with Gasteiger partial charge in [0.15, 0.2) is 0 Å². The number of hydrogen-bond acceptors (Lipinski definition) is 4. The van der Waals surface area contributed by atoms with E-state index in [2.05, 4.69) is 6.07 Å². The van der Waals surface area contributed by atoms with E-state index >= 15 is 0 Å². The van der Waals surface area contributed by atoms with Crippen molar-refractivity contribution in [2.75, 3.05) is 14.2 Å². The maximum absolute atomic E-state index is 6.21. The first-order valence-corrected chi connectivity index (χ1v) is 8.46. The molecule has 25 heavy (non-hydrogen) atoms. The van der Waals surface area contributed by atoms with Gasteiger partial charge in [-0.1, -0.05) is 30.3 Å². The van der Waals surface area contributed by atoms with Crippen LogP contribution in [0.25, 0.3) is 11.1 Å². The third kappa shape index (κ3) is 3.14. The van der Waals surface area contributed by atoms with Crippen LogP contribution in [0.4, 0.5) is 0 Å². The van der Waals surface area contributed by atoms with Crippen molar-refractivity contribution >= 4 is 12.6 Å². The lowest BCUT2D eigenvalue weighted by atomic mass is 9.77. The van der Waals surface area contributed by atoms with Crippen molar-refractivity contribution < 1.29 is 18.8 Å². The molecule has 132 valence electrons. The molecule has 0 unspecified atom stereocenters. The van der Waals surface area contributed by atoms with E-state index in [-0.39, 0.29) is 0 Å². The Morgan fingerprint density at radius 2 is 1.40 bits per heavy atom. The Bertz CT molecular complexity index is 754. The van der Waals surface area contributed by atoms with Crippen molar-refractivity contribution in [2.45, 2.75) is 38.9 Å². The molecule has 0 aliphatic carbocycles. The van der Waals surface area contributed by atoms with Crippen LogP contribution in [0.15, 0.2) is 42.5 Å². The lowest BCUT2D eigenvalue weighted by molar-refractivity contribution is 0.00578. The average molecular weight is 340 g/mol. The summed E-state index contributed by atoms with van der Waals surface area (Å²) in [4.78, 5) is 0. The predicted octanol–water partition coefficient (Wildman–Crippen LogP) is 3.67. The van der Waals surface area contributed by atoms with Crippen LogP contribution in [-0.2, 0) is 9.31 Å². The molecule has 1 heterocycles. The topological polar surface area (TPSA) is 36.9 Å². The van der Waals surface area contributed by atoms with Gasteiger partial charge in [-0.2, -0.15) is 0 Å². The van der Waals surface area contributed by atoms with Crippen molar-refractivity contribution in [3.8, 4) is 22.6 Å². The lowest BCUT2D eigenvalue weighted by Gasteiger charge is -2.32. The standard InChI is InChI=1S/C20H25BO4/c1-19(2)20(3,4)25-21(24-19)16-13-14(11-12-18(16)23-6)15-9-7-8-10-17(15)22-5/h7-13H,1-6H3. The molecular formula is C20H25BO4. The van der Waals surface area contributed by atoms with E-state index in [9.17, 15) is 0 Å². The molecule has 4 nitrogen and oxygen atoms in total. The molecule has 5 heteroatoms. The first-order valence-electron chi connectivity index (χ1n) is 8.46. The summed E-state index contributed by atoms with van der Waals surface area (Å²) >= 11 is 0. The Hall–Kier alpha value is -1.98. The third-order valence-electron chi connectivity index (χ3n) is 5.15. The molecule has 2 aromatic rings. The summed E-state index contributed by atoms with van der Waals surface area (Å²) in [5.74, 6) is 1.57. The zero-order valence-corrected chi connectivity index (χ0v) is 15.8. The molecule has 1 saturated heterocycles. The minimum Gasteiger partial charge on any atom is -0.497 e. The van der Waals surface area contributed by atoms with Gasteiger partial charge in [0.2, 0.25) is 0 Å². The Kier molecular flexibility index (Phi) is 4.56. The van der Waals surface area contributed by atoms with Gasteiger partial charge in [0.1, 0.15) is 11.5 Å². The largest absolute Gasteiger partial charge is 0.498 e. The van der Waals surface area contributed by atoms with E-state index in [4.69, 9.17) is 18.8 Å². The average Bonchev–Trinajstić information content (AvgIpc) is 2.82. The summed E-state index contributed by atoms with van der Waals surface area (Å²) in [6.45, 7) is 8.18. The maximum Gasteiger partial charge on any atom is 0.498 e. The highest BCUT2D eigenvalue weighted by Crippen LogP contribution is 2.38. The molecule has 0 amide bonds. The van der Waals surface area contributed by atoms with Crippen LogP contribution in [0.3, 0.4) is 0 Å². The van der Waals surface area contributed by atoms with Crippen molar-refractivity contribution in [2.24, 2.45) is 0 Å².